The Morgan fingerprint density at radius 1 is 1.06 bits per heavy atom. The quantitative estimate of drug-likeness (QED) is 0.705. The molecular formula is C13H21NO3. The molecule has 0 aromatic heterocycles. The summed E-state index contributed by atoms with van der Waals surface area (Å²) in [7, 11) is 5.20. The Bertz CT molecular complexity index is 306. The maximum Gasteiger partial charge on any atom is 0.203 e. The molecule has 0 aliphatic rings. The van der Waals surface area contributed by atoms with E-state index in [-0.39, 0.29) is 0 Å². The van der Waals surface area contributed by atoms with Gasteiger partial charge in [0.2, 0.25) is 5.75 Å². The van der Waals surface area contributed by atoms with E-state index in [9.17, 15) is 0 Å². The predicted octanol–water partition coefficient (Wildman–Crippen LogP) is 2.08. The molecule has 0 heterocycles. The smallest absolute Gasteiger partial charge is 0.203 e. The van der Waals surface area contributed by atoms with Crippen LogP contribution in [0.25, 0.3) is 0 Å². The van der Waals surface area contributed by atoms with Gasteiger partial charge in [0.1, 0.15) is 0 Å². The highest BCUT2D eigenvalue weighted by Crippen LogP contribution is 2.36. The lowest BCUT2D eigenvalue weighted by Crippen LogP contribution is -2.09. The minimum atomic E-state index is 0.665. The van der Waals surface area contributed by atoms with Crippen LogP contribution in [-0.2, 0) is 0 Å². The number of rotatable bonds is 8. The summed E-state index contributed by atoms with van der Waals surface area (Å²) >= 11 is 0. The molecule has 0 unspecified atom stereocenters. The van der Waals surface area contributed by atoms with Crippen molar-refractivity contribution >= 4 is 0 Å². The van der Waals surface area contributed by atoms with E-state index in [2.05, 4.69) is 5.32 Å². The van der Waals surface area contributed by atoms with Gasteiger partial charge in [0.15, 0.2) is 11.5 Å². The monoisotopic (exact) mass is 239 g/mol. The van der Waals surface area contributed by atoms with Crippen molar-refractivity contribution in [3.05, 3.63) is 18.2 Å². The first kappa shape index (κ1) is 13.6. The summed E-state index contributed by atoms with van der Waals surface area (Å²) in [5.74, 6) is 2.10. The topological polar surface area (TPSA) is 39.7 Å². The van der Waals surface area contributed by atoms with E-state index >= 15 is 0 Å². The molecule has 0 fully saturated rings. The minimum Gasteiger partial charge on any atom is -0.493 e. The van der Waals surface area contributed by atoms with Gasteiger partial charge in [-0.15, -0.1) is 0 Å². The molecular weight excluding hydrogens is 218 g/mol. The van der Waals surface area contributed by atoms with Gasteiger partial charge >= 0.3 is 0 Å². The van der Waals surface area contributed by atoms with Crippen molar-refractivity contribution in [3.63, 3.8) is 0 Å². The standard InChI is InChI=1S/C13H21NO3/c1-14-9-4-5-10-17-13-11(15-2)7-6-8-12(13)16-3/h6-8,14H,4-5,9-10H2,1-3H3. The molecule has 0 bridgehead atoms. The van der Waals surface area contributed by atoms with Crippen molar-refractivity contribution < 1.29 is 14.2 Å². The van der Waals surface area contributed by atoms with E-state index in [1.165, 1.54) is 0 Å². The highest BCUT2D eigenvalue weighted by molar-refractivity contribution is 5.51. The zero-order valence-electron chi connectivity index (χ0n) is 10.8. The Kier molecular flexibility index (Phi) is 6.25. The van der Waals surface area contributed by atoms with Crippen molar-refractivity contribution in [3.8, 4) is 17.2 Å². The van der Waals surface area contributed by atoms with Gasteiger partial charge in [-0.3, -0.25) is 0 Å². The molecule has 0 radical (unpaired) electrons. The molecule has 0 saturated heterocycles. The first-order valence-corrected chi connectivity index (χ1v) is 5.82. The Balaban J connectivity index is 2.55. The number of hydrogen-bond donors (Lipinski definition) is 1. The molecule has 0 saturated carbocycles. The maximum absolute atomic E-state index is 5.72. The summed E-state index contributed by atoms with van der Waals surface area (Å²) in [6.45, 7) is 1.67. The summed E-state index contributed by atoms with van der Waals surface area (Å²) in [5.41, 5.74) is 0. The Hall–Kier alpha value is -1.42. The molecule has 0 aliphatic heterocycles. The van der Waals surface area contributed by atoms with Gasteiger partial charge in [-0.05, 0) is 38.6 Å². The van der Waals surface area contributed by atoms with Gasteiger partial charge in [-0.25, -0.2) is 0 Å². The van der Waals surface area contributed by atoms with E-state index in [4.69, 9.17) is 14.2 Å². The lowest BCUT2D eigenvalue weighted by Gasteiger charge is -2.13. The van der Waals surface area contributed by atoms with Crippen LogP contribution in [0.2, 0.25) is 0 Å². The van der Waals surface area contributed by atoms with Crippen LogP contribution in [-0.4, -0.2) is 34.4 Å². The third-order valence-electron chi connectivity index (χ3n) is 2.45. The van der Waals surface area contributed by atoms with Gasteiger partial charge in [0, 0.05) is 0 Å². The second-order valence-electron chi connectivity index (χ2n) is 3.65. The number of benzene rings is 1. The molecule has 1 aromatic rings. The lowest BCUT2D eigenvalue weighted by molar-refractivity contribution is 0.268. The average Bonchev–Trinajstić information content (AvgIpc) is 2.38. The van der Waals surface area contributed by atoms with Crippen LogP contribution in [0.5, 0.6) is 17.2 Å². The van der Waals surface area contributed by atoms with E-state index in [0.717, 1.165) is 19.4 Å². The largest absolute Gasteiger partial charge is 0.493 e. The number of ether oxygens (including phenoxy) is 3. The minimum absolute atomic E-state index is 0.665. The fourth-order valence-corrected chi connectivity index (χ4v) is 1.54. The summed E-state index contributed by atoms with van der Waals surface area (Å²) in [4.78, 5) is 0. The first-order chi connectivity index (χ1) is 8.33. The average molecular weight is 239 g/mol. The van der Waals surface area contributed by atoms with Crippen molar-refractivity contribution in [2.24, 2.45) is 0 Å². The van der Waals surface area contributed by atoms with Crippen LogP contribution in [0.1, 0.15) is 12.8 Å². The summed E-state index contributed by atoms with van der Waals surface area (Å²) in [6.07, 6.45) is 2.09. The van der Waals surface area contributed by atoms with E-state index < -0.39 is 0 Å². The number of para-hydroxylation sites is 1. The lowest BCUT2D eigenvalue weighted by atomic mass is 10.3. The fourth-order valence-electron chi connectivity index (χ4n) is 1.54. The van der Waals surface area contributed by atoms with Gasteiger partial charge in [0.05, 0.1) is 20.8 Å². The maximum atomic E-state index is 5.72. The molecule has 17 heavy (non-hydrogen) atoms. The van der Waals surface area contributed by atoms with E-state index in [0.29, 0.717) is 23.9 Å². The summed E-state index contributed by atoms with van der Waals surface area (Å²) in [6, 6.07) is 5.61. The van der Waals surface area contributed by atoms with Gasteiger partial charge in [-0.2, -0.15) is 0 Å². The van der Waals surface area contributed by atoms with Crippen LogP contribution >= 0.6 is 0 Å². The van der Waals surface area contributed by atoms with Crippen LogP contribution < -0.4 is 19.5 Å². The molecule has 4 heteroatoms. The molecule has 0 amide bonds. The molecule has 1 rings (SSSR count). The fraction of sp³-hybridized carbons (Fsp3) is 0.538. The van der Waals surface area contributed by atoms with Crippen molar-refractivity contribution in [2.75, 3.05) is 34.4 Å². The second kappa shape index (κ2) is 7.79. The van der Waals surface area contributed by atoms with Crippen LogP contribution in [0, 0.1) is 0 Å². The number of methoxy groups -OCH3 is 2. The van der Waals surface area contributed by atoms with Gasteiger partial charge in [0.25, 0.3) is 0 Å². The summed E-state index contributed by atoms with van der Waals surface area (Å²) < 4.78 is 16.2. The molecule has 0 spiro atoms. The molecule has 4 nitrogen and oxygen atoms in total. The normalized spacial score (nSPS) is 10.1. The van der Waals surface area contributed by atoms with Crippen LogP contribution in [0.3, 0.4) is 0 Å². The molecule has 0 aliphatic carbocycles. The highest BCUT2D eigenvalue weighted by Gasteiger charge is 2.10. The third-order valence-corrected chi connectivity index (χ3v) is 2.45. The Labute approximate surface area is 103 Å². The van der Waals surface area contributed by atoms with Crippen LogP contribution in [0.4, 0.5) is 0 Å². The molecule has 1 N–H and O–H groups in total. The number of hydrogen-bond acceptors (Lipinski definition) is 4. The SMILES string of the molecule is CNCCCCOc1c(OC)cccc1OC. The van der Waals surface area contributed by atoms with E-state index in [1.807, 2.05) is 25.2 Å². The Morgan fingerprint density at radius 3 is 2.24 bits per heavy atom. The van der Waals surface area contributed by atoms with Crippen LogP contribution in [0.15, 0.2) is 18.2 Å². The third kappa shape index (κ3) is 4.15. The number of unbranched alkanes of at least 4 members (excludes halogenated alkanes) is 1. The molecule has 1 aromatic carbocycles. The van der Waals surface area contributed by atoms with E-state index in [1.54, 1.807) is 14.2 Å². The zero-order chi connectivity index (χ0) is 12.5. The zero-order valence-corrected chi connectivity index (χ0v) is 10.8. The number of nitrogens with one attached hydrogen (secondary N) is 1. The van der Waals surface area contributed by atoms with Gasteiger partial charge in [-0.1, -0.05) is 6.07 Å². The predicted molar refractivity (Wildman–Crippen MR) is 68.2 cm³/mol. The second-order valence-corrected chi connectivity index (χ2v) is 3.65. The molecule has 0 atom stereocenters. The Morgan fingerprint density at radius 2 is 1.71 bits per heavy atom. The molecule has 96 valence electrons. The van der Waals surface area contributed by atoms with Gasteiger partial charge < -0.3 is 19.5 Å². The first-order valence-electron chi connectivity index (χ1n) is 5.82. The summed E-state index contributed by atoms with van der Waals surface area (Å²) in [5, 5.41) is 3.11. The van der Waals surface area contributed by atoms with Crippen molar-refractivity contribution in [2.45, 2.75) is 12.8 Å². The van der Waals surface area contributed by atoms with Crippen molar-refractivity contribution in [1.82, 2.24) is 5.32 Å². The van der Waals surface area contributed by atoms with Crippen molar-refractivity contribution in [1.29, 1.82) is 0 Å². The highest BCUT2D eigenvalue weighted by atomic mass is 16.5.